The van der Waals surface area contributed by atoms with Crippen LogP contribution in [0, 0.1) is 11.8 Å². The number of nitrogens with zero attached hydrogens (tertiary/aromatic N) is 2. The van der Waals surface area contributed by atoms with Crippen molar-refractivity contribution in [3.05, 3.63) is 120 Å². The topological polar surface area (TPSA) is 132 Å². The van der Waals surface area contributed by atoms with E-state index in [1.165, 1.54) is 11.1 Å². The summed E-state index contributed by atoms with van der Waals surface area (Å²) in [5.74, 6) is 1.80. The molecule has 0 aliphatic heterocycles. The monoisotopic (exact) mass is 666 g/mol. The van der Waals surface area contributed by atoms with Crippen LogP contribution in [0.5, 0.6) is 11.8 Å². The molecule has 10 nitrogen and oxygen atoms in total. The van der Waals surface area contributed by atoms with Crippen LogP contribution in [-0.4, -0.2) is 60.4 Å². The summed E-state index contributed by atoms with van der Waals surface area (Å²) in [5.41, 5.74) is 4.11. The maximum Gasteiger partial charge on any atom is 0.224 e. The summed E-state index contributed by atoms with van der Waals surface area (Å²) >= 11 is 0. The van der Waals surface area contributed by atoms with E-state index in [0.29, 0.717) is 37.5 Å². The van der Waals surface area contributed by atoms with Gasteiger partial charge in [-0.25, -0.2) is 9.97 Å². The van der Waals surface area contributed by atoms with Gasteiger partial charge in [0.15, 0.2) is 0 Å². The summed E-state index contributed by atoms with van der Waals surface area (Å²) in [5, 5.41) is 15.6. The molecule has 258 valence electrons. The Morgan fingerprint density at radius 2 is 1.16 bits per heavy atom. The van der Waals surface area contributed by atoms with E-state index in [-0.39, 0.29) is 42.2 Å². The molecule has 2 aromatic heterocycles. The van der Waals surface area contributed by atoms with E-state index in [9.17, 15) is 14.7 Å². The van der Waals surface area contributed by atoms with Crippen molar-refractivity contribution in [2.45, 2.75) is 50.6 Å². The van der Waals surface area contributed by atoms with Gasteiger partial charge in [-0.05, 0) is 72.9 Å². The van der Waals surface area contributed by atoms with E-state index >= 15 is 0 Å². The van der Waals surface area contributed by atoms with Crippen molar-refractivity contribution in [2.24, 2.45) is 11.8 Å². The highest BCUT2D eigenvalue weighted by Gasteiger charge is 2.45. The highest BCUT2D eigenvalue weighted by atomic mass is 16.5. The molecular weight excluding hydrogens is 620 g/mol. The van der Waals surface area contributed by atoms with Gasteiger partial charge in [-0.15, -0.1) is 0 Å². The first-order chi connectivity index (χ1) is 23.9. The number of nitrogens with one attached hydrogen (secondary N) is 2. The van der Waals surface area contributed by atoms with E-state index in [1.54, 1.807) is 25.6 Å². The minimum atomic E-state index is -0.447. The lowest BCUT2D eigenvalue weighted by atomic mass is 10.1. The minimum absolute atomic E-state index is 0.0166. The lowest BCUT2D eigenvalue weighted by Gasteiger charge is -2.18. The Kier molecular flexibility index (Phi) is 12.7. The molecule has 6 atom stereocenters. The van der Waals surface area contributed by atoms with Crippen molar-refractivity contribution in [3.63, 3.8) is 0 Å². The molecule has 0 saturated heterocycles. The van der Waals surface area contributed by atoms with Gasteiger partial charge in [0, 0.05) is 43.5 Å². The highest BCUT2D eigenvalue weighted by molar-refractivity contribution is 5.84. The molecule has 0 spiro atoms. The van der Waals surface area contributed by atoms with Crippen LogP contribution in [0.3, 0.4) is 0 Å². The number of ether oxygens (including phenoxy) is 3. The van der Waals surface area contributed by atoms with Gasteiger partial charge in [-0.2, -0.15) is 0 Å². The maximum absolute atomic E-state index is 12.6. The zero-order valence-electron chi connectivity index (χ0n) is 28.3. The fraction of sp³-hybridized carbons (Fsp3) is 0.385. The van der Waals surface area contributed by atoms with Gasteiger partial charge in [-0.3, -0.25) is 9.59 Å². The number of rotatable bonds is 15. The second-order valence-electron chi connectivity index (χ2n) is 12.2. The lowest BCUT2D eigenvalue weighted by Crippen LogP contribution is -2.32. The molecule has 2 aliphatic carbocycles. The maximum atomic E-state index is 12.6. The quantitative estimate of drug-likeness (QED) is 0.151. The molecule has 0 radical (unpaired) electrons. The van der Waals surface area contributed by atoms with Crippen molar-refractivity contribution in [1.29, 1.82) is 0 Å². The third-order valence-electron chi connectivity index (χ3n) is 8.77. The summed E-state index contributed by atoms with van der Waals surface area (Å²) in [4.78, 5) is 33.5. The molecule has 0 bridgehead atoms. The van der Waals surface area contributed by atoms with Crippen LogP contribution in [0.2, 0.25) is 0 Å². The predicted octanol–water partition coefficient (Wildman–Crippen LogP) is 5.52. The number of benzene rings is 2. The van der Waals surface area contributed by atoms with E-state index < -0.39 is 6.04 Å². The first-order valence-corrected chi connectivity index (χ1v) is 16.9. The molecule has 0 unspecified atom stereocenters. The molecule has 6 rings (SSSR count). The second-order valence-corrected chi connectivity index (χ2v) is 12.2. The van der Waals surface area contributed by atoms with Gasteiger partial charge in [0.05, 0.1) is 38.5 Å². The van der Waals surface area contributed by atoms with Crippen molar-refractivity contribution < 1.29 is 28.9 Å². The highest BCUT2D eigenvalue weighted by Crippen LogP contribution is 2.48. The van der Waals surface area contributed by atoms with Crippen LogP contribution in [0.4, 0.5) is 0 Å². The zero-order chi connectivity index (χ0) is 34.6. The minimum Gasteiger partial charge on any atom is -0.478 e. The average molecular weight is 667 g/mol. The van der Waals surface area contributed by atoms with Gasteiger partial charge < -0.3 is 30.0 Å². The molecule has 2 saturated carbocycles. The third-order valence-corrected chi connectivity index (χ3v) is 8.77. The number of carbonyl (C=O) groups is 2. The smallest absolute Gasteiger partial charge is 0.224 e. The number of amides is 2. The van der Waals surface area contributed by atoms with Crippen LogP contribution >= 0.6 is 0 Å². The number of aromatic nitrogens is 2. The van der Waals surface area contributed by atoms with Crippen molar-refractivity contribution in [3.8, 4) is 11.8 Å². The molecule has 3 N–H and O–H groups in total. The predicted molar refractivity (Wildman–Crippen MR) is 186 cm³/mol. The SMILES string of the molecule is CCOc1ccc([C@H](CO)NC(=O)[C@H]2C[C@@H]2c2ccccc2)cn1.CCOc1ccc([C@H](COC)NC(=O)[C@H]2C[C@@H]2c2ccccc2)cn1. The fourth-order valence-corrected chi connectivity index (χ4v) is 5.95. The molecule has 2 aliphatic rings. The lowest BCUT2D eigenvalue weighted by molar-refractivity contribution is -0.124. The van der Waals surface area contributed by atoms with Crippen LogP contribution in [0.15, 0.2) is 97.3 Å². The number of carbonyl (C=O) groups excluding carboxylic acids is 2. The third kappa shape index (κ3) is 9.87. The van der Waals surface area contributed by atoms with E-state index in [4.69, 9.17) is 14.2 Å². The summed E-state index contributed by atoms with van der Waals surface area (Å²) in [6.45, 7) is 5.18. The largest absolute Gasteiger partial charge is 0.478 e. The Balaban J connectivity index is 0.000000191. The van der Waals surface area contributed by atoms with Crippen LogP contribution in [0.1, 0.15) is 72.9 Å². The van der Waals surface area contributed by atoms with Crippen LogP contribution < -0.4 is 20.1 Å². The Bertz CT molecular complexity index is 1600. The van der Waals surface area contributed by atoms with Gasteiger partial charge >= 0.3 is 0 Å². The normalized spacial score (nSPS) is 20.1. The Hall–Kier alpha value is -4.80. The molecule has 4 aromatic rings. The Labute approximate surface area is 288 Å². The number of pyridine rings is 2. The summed E-state index contributed by atoms with van der Waals surface area (Å²) in [7, 11) is 1.63. The average Bonchev–Trinajstić information content (AvgIpc) is 4.07. The van der Waals surface area contributed by atoms with Crippen LogP contribution in [-0.2, 0) is 14.3 Å². The van der Waals surface area contributed by atoms with Gasteiger partial charge in [0.1, 0.15) is 0 Å². The van der Waals surface area contributed by atoms with Crippen molar-refractivity contribution in [2.75, 3.05) is 33.5 Å². The van der Waals surface area contributed by atoms with Gasteiger partial charge in [0.2, 0.25) is 23.6 Å². The Morgan fingerprint density at radius 1 is 0.714 bits per heavy atom. The molecule has 10 heteroatoms. The molecule has 2 fully saturated rings. The standard InChI is InChI=1S/C20H24N2O3.C19H22N2O3/c1-3-25-19-10-9-15(12-21-19)18(13-24-2)22-20(23)17-11-16(17)14-7-5-4-6-8-14;1-2-24-18-9-8-14(11-20-18)17(12-22)21-19(23)16-10-15(16)13-6-4-3-5-7-13/h4-10,12,16-18H,3,11,13H2,1-2H3,(H,22,23);3-9,11,15-17,22H,2,10,12H2,1H3,(H,21,23)/t16-,17+,18+;15-,16+,17+/m11/s1. The van der Waals surface area contributed by atoms with Gasteiger partial charge in [-0.1, -0.05) is 60.7 Å². The van der Waals surface area contributed by atoms with Crippen molar-refractivity contribution in [1.82, 2.24) is 20.6 Å². The number of aliphatic hydroxyl groups excluding tert-OH is 1. The Morgan fingerprint density at radius 3 is 1.55 bits per heavy atom. The molecule has 49 heavy (non-hydrogen) atoms. The van der Waals surface area contributed by atoms with E-state index in [2.05, 4.69) is 44.9 Å². The molecular formula is C39H46N4O6. The molecule has 2 heterocycles. The van der Waals surface area contributed by atoms with Crippen LogP contribution in [0.25, 0.3) is 0 Å². The van der Waals surface area contributed by atoms with E-state index in [0.717, 1.165) is 24.0 Å². The number of aliphatic hydroxyl groups is 1. The number of methoxy groups -OCH3 is 1. The summed E-state index contributed by atoms with van der Waals surface area (Å²) < 4.78 is 15.9. The second kappa shape index (κ2) is 17.6. The fourth-order valence-electron chi connectivity index (χ4n) is 5.95. The first-order valence-electron chi connectivity index (χ1n) is 16.9. The van der Waals surface area contributed by atoms with Crippen molar-refractivity contribution >= 4 is 11.8 Å². The summed E-state index contributed by atoms with van der Waals surface area (Å²) in [6.07, 6.45) is 5.12. The summed E-state index contributed by atoms with van der Waals surface area (Å²) in [6, 6.07) is 26.9. The molecule has 2 amide bonds. The van der Waals surface area contributed by atoms with E-state index in [1.807, 2.05) is 68.4 Å². The first kappa shape index (κ1) is 35.5. The van der Waals surface area contributed by atoms with Gasteiger partial charge in [0.25, 0.3) is 0 Å². The molecule has 2 aromatic carbocycles. The zero-order valence-corrected chi connectivity index (χ0v) is 28.3. The number of hydrogen-bond donors (Lipinski definition) is 3. The number of hydrogen-bond acceptors (Lipinski definition) is 8.